The summed E-state index contributed by atoms with van der Waals surface area (Å²) in [6, 6.07) is 7.08. The Bertz CT molecular complexity index is 740. The van der Waals surface area contributed by atoms with Crippen molar-refractivity contribution >= 4 is 5.91 Å². The molecule has 0 radical (unpaired) electrons. The van der Waals surface area contributed by atoms with Crippen molar-refractivity contribution in [2.45, 2.75) is 32.4 Å². The zero-order valence-electron chi connectivity index (χ0n) is 13.2. The molecule has 128 valence electrons. The average Bonchev–Trinajstić information content (AvgIpc) is 2.95. The second-order valence-corrected chi connectivity index (χ2v) is 5.76. The average molecular weight is 334 g/mol. The molecule has 0 saturated carbocycles. The minimum Gasteiger partial charge on any atom is -0.373 e. The molecule has 7 heteroatoms. The van der Waals surface area contributed by atoms with E-state index in [1.807, 2.05) is 0 Å². The first-order valence-electron chi connectivity index (χ1n) is 7.70. The Labute approximate surface area is 138 Å². The predicted octanol–water partition coefficient (Wildman–Crippen LogP) is 1.63. The lowest BCUT2D eigenvalue weighted by molar-refractivity contribution is -0.0452. The maximum atomic E-state index is 13.0. The monoisotopic (exact) mass is 334 g/mol. The summed E-state index contributed by atoms with van der Waals surface area (Å²) in [5.74, 6) is -0.665. The Kier molecular flexibility index (Phi) is 4.66. The number of halogens is 1. The van der Waals surface area contributed by atoms with Crippen LogP contribution in [0.3, 0.4) is 0 Å². The van der Waals surface area contributed by atoms with E-state index < -0.39 is 6.29 Å². The lowest BCUT2D eigenvalue weighted by Crippen LogP contribution is -2.30. The molecule has 24 heavy (non-hydrogen) atoms. The third kappa shape index (κ3) is 3.19. The fourth-order valence-electron chi connectivity index (χ4n) is 2.87. The maximum absolute atomic E-state index is 13.0. The third-order valence-electron chi connectivity index (χ3n) is 4.17. The largest absolute Gasteiger partial charge is 0.373 e. The number of nitrogens with one attached hydrogen (secondary N) is 1. The predicted molar refractivity (Wildman–Crippen MR) is 83.5 cm³/mol. The highest BCUT2D eigenvalue weighted by atomic mass is 19.1. The molecule has 0 spiro atoms. The standard InChI is InChI=1S/C17H19FN2O4/c1-10(11-2-4-12(18)5-3-11)19-16(21)14-8-13(17(22)23)15-9-24-7-6-20(14)15/h2-5,8,10,17,22-23H,6-7,9H2,1H3,(H,19,21)/t10-/m1/s1. The quantitative estimate of drug-likeness (QED) is 0.742. The van der Waals surface area contributed by atoms with Crippen LogP contribution in [-0.4, -0.2) is 27.3 Å². The first kappa shape index (κ1) is 16.6. The van der Waals surface area contributed by atoms with Crippen LogP contribution in [0.5, 0.6) is 0 Å². The summed E-state index contributed by atoms with van der Waals surface area (Å²) in [6.07, 6.45) is -1.66. The van der Waals surface area contributed by atoms with E-state index in [-0.39, 0.29) is 29.9 Å². The van der Waals surface area contributed by atoms with Crippen molar-refractivity contribution < 1.29 is 24.1 Å². The first-order chi connectivity index (χ1) is 11.5. The van der Waals surface area contributed by atoms with Gasteiger partial charge in [-0.15, -0.1) is 0 Å². The van der Waals surface area contributed by atoms with Crippen LogP contribution in [0.1, 0.15) is 46.6 Å². The van der Waals surface area contributed by atoms with Crippen molar-refractivity contribution in [2.75, 3.05) is 6.61 Å². The van der Waals surface area contributed by atoms with Crippen LogP contribution in [0.15, 0.2) is 30.3 Å². The molecule has 3 N–H and O–H groups in total. The fourth-order valence-corrected chi connectivity index (χ4v) is 2.87. The molecule has 6 nitrogen and oxygen atoms in total. The number of aliphatic hydroxyl groups is 2. The molecule has 1 aromatic carbocycles. The van der Waals surface area contributed by atoms with Crippen LogP contribution >= 0.6 is 0 Å². The molecular formula is C17H19FN2O4. The topological polar surface area (TPSA) is 83.7 Å². The van der Waals surface area contributed by atoms with Gasteiger partial charge in [0, 0.05) is 12.1 Å². The molecule has 0 unspecified atom stereocenters. The van der Waals surface area contributed by atoms with Crippen LogP contribution in [0.4, 0.5) is 4.39 Å². The number of fused-ring (bicyclic) bond motifs is 1. The molecule has 0 fully saturated rings. The maximum Gasteiger partial charge on any atom is 0.268 e. The van der Waals surface area contributed by atoms with Crippen molar-refractivity contribution in [1.82, 2.24) is 9.88 Å². The highest BCUT2D eigenvalue weighted by Gasteiger charge is 2.25. The van der Waals surface area contributed by atoms with Crippen LogP contribution in [0, 0.1) is 5.82 Å². The van der Waals surface area contributed by atoms with Crippen molar-refractivity contribution in [3.63, 3.8) is 0 Å². The van der Waals surface area contributed by atoms with Crippen molar-refractivity contribution in [1.29, 1.82) is 0 Å². The van der Waals surface area contributed by atoms with E-state index in [2.05, 4.69) is 5.32 Å². The van der Waals surface area contributed by atoms with Gasteiger partial charge in [0.2, 0.25) is 0 Å². The highest BCUT2D eigenvalue weighted by Crippen LogP contribution is 2.25. The van der Waals surface area contributed by atoms with E-state index in [1.54, 1.807) is 23.6 Å². The van der Waals surface area contributed by atoms with Gasteiger partial charge in [0.1, 0.15) is 11.5 Å². The van der Waals surface area contributed by atoms with Gasteiger partial charge in [-0.05, 0) is 30.7 Å². The lowest BCUT2D eigenvalue weighted by Gasteiger charge is -2.20. The summed E-state index contributed by atoms with van der Waals surface area (Å²) in [5, 5.41) is 21.8. The van der Waals surface area contributed by atoms with Crippen LogP contribution in [-0.2, 0) is 17.9 Å². The Hall–Kier alpha value is -2.22. The number of rotatable bonds is 4. The zero-order valence-corrected chi connectivity index (χ0v) is 13.2. The number of ether oxygens (including phenoxy) is 1. The molecule has 2 heterocycles. The molecule has 1 aliphatic heterocycles. The van der Waals surface area contributed by atoms with Crippen LogP contribution in [0.25, 0.3) is 0 Å². The SMILES string of the molecule is C[C@@H](NC(=O)c1cc(C(O)O)c2n1CCOC2)c1ccc(F)cc1. The first-order valence-corrected chi connectivity index (χ1v) is 7.70. The summed E-state index contributed by atoms with van der Waals surface area (Å²) in [5.41, 5.74) is 2.00. The number of aromatic nitrogens is 1. The number of hydrogen-bond donors (Lipinski definition) is 3. The van der Waals surface area contributed by atoms with Crippen LogP contribution in [0.2, 0.25) is 0 Å². The van der Waals surface area contributed by atoms with Crippen molar-refractivity contribution in [3.05, 3.63) is 58.7 Å². The lowest BCUT2D eigenvalue weighted by atomic mass is 10.1. The molecule has 1 amide bonds. The van der Waals surface area contributed by atoms with Gasteiger partial charge in [-0.1, -0.05) is 12.1 Å². The van der Waals surface area contributed by atoms with Gasteiger partial charge in [-0.2, -0.15) is 0 Å². The van der Waals surface area contributed by atoms with Gasteiger partial charge in [-0.25, -0.2) is 4.39 Å². The molecule has 0 aliphatic carbocycles. The minimum atomic E-state index is -1.66. The summed E-state index contributed by atoms with van der Waals surface area (Å²) in [7, 11) is 0. The van der Waals surface area contributed by atoms with Gasteiger partial charge in [-0.3, -0.25) is 4.79 Å². The molecule has 0 saturated heterocycles. The van der Waals surface area contributed by atoms with E-state index in [9.17, 15) is 19.4 Å². The molecule has 2 aromatic rings. The molecule has 1 atom stereocenters. The smallest absolute Gasteiger partial charge is 0.268 e. The normalized spacial score (nSPS) is 15.2. The molecular weight excluding hydrogens is 315 g/mol. The Morgan fingerprint density at radius 1 is 1.33 bits per heavy atom. The van der Waals surface area contributed by atoms with E-state index in [4.69, 9.17) is 4.74 Å². The Morgan fingerprint density at radius 3 is 2.71 bits per heavy atom. The number of benzene rings is 1. The summed E-state index contributed by atoms with van der Waals surface area (Å²) in [6.45, 7) is 2.95. The van der Waals surface area contributed by atoms with Gasteiger partial charge in [0.15, 0.2) is 6.29 Å². The molecule has 3 rings (SSSR count). The van der Waals surface area contributed by atoms with E-state index in [0.29, 0.717) is 24.5 Å². The third-order valence-corrected chi connectivity index (χ3v) is 4.17. The van der Waals surface area contributed by atoms with Gasteiger partial charge < -0.3 is 24.8 Å². The minimum absolute atomic E-state index is 0.230. The number of nitrogens with zero attached hydrogens (tertiary/aromatic N) is 1. The van der Waals surface area contributed by atoms with Crippen LogP contribution < -0.4 is 5.32 Å². The summed E-state index contributed by atoms with van der Waals surface area (Å²) >= 11 is 0. The van der Waals surface area contributed by atoms with Crippen molar-refractivity contribution in [2.24, 2.45) is 0 Å². The number of carbonyl (C=O) groups excluding carboxylic acids is 1. The molecule has 1 aliphatic rings. The van der Waals surface area contributed by atoms with Gasteiger partial charge in [0.25, 0.3) is 5.91 Å². The summed E-state index contributed by atoms with van der Waals surface area (Å²) in [4.78, 5) is 12.6. The van der Waals surface area contributed by atoms with E-state index >= 15 is 0 Å². The second-order valence-electron chi connectivity index (χ2n) is 5.76. The highest BCUT2D eigenvalue weighted by molar-refractivity contribution is 5.93. The Morgan fingerprint density at radius 2 is 2.04 bits per heavy atom. The van der Waals surface area contributed by atoms with Gasteiger partial charge in [0.05, 0.1) is 24.9 Å². The molecule has 1 aromatic heterocycles. The van der Waals surface area contributed by atoms with E-state index in [1.165, 1.54) is 18.2 Å². The van der Waals surface area contributed by atoms with Gasteiger partial charge >= 0.3 is 0 Å². The second kappa shape index (κ2) is 6.72. The van der Waals surface area contributed by atoms with E-state index in [0.717, 1.165) is 5.56 Å². The fraction of sp³-hybridized carbons (Fsp3) is 0.353. The molecule has 0 bridgehead atoms. The Balaban J connectivity index is 1.83. The number of hydrogen-bond acceptors (Lipinski definition) is 4. The zero-order chi connectivity index (χ0) is 17.3. The number of carbonyl (C=O) groups is 1. The number of amides is 1. The van der Waals surface area contributed by atoms with Crippen molar-refractivity contribution in [3.8, 4) is 0 Å². The number of aliphatic hydroxyl groups excluding tert-OH is 1. The summed E-state index contributed by atoms with van der Waals surface area (Å²) < 4.78 is 20.1.